The van der Waals surface area contributed by atoms with E-state index in [0.29, 0.717) is 39.5 Å². The molecule has 132 heavy (non-hydrogen) atoms. The van der Waals surface area contributed by atoms with Gasteiger partial charge in [0.2, 0.25) is 0 Å². The van der Waals surface area contributed by atoms with E-state index in [-0.39, 0.29) is 76.8 Å². The van der Waals surface area contributed by atoms with Gasteiger partial charge in [-0.05, 0) is 191 Å². The molecule has 0 aliphatic rings. The summed E-state index contributed by atoms with van der Waals surface area (Å²) in [6.07, 6.45) is 2.82. The Morgan fingerprint density at radius 1 is 0.326 bits per heavy atom. The van der Waals surface area contributed by atoms with Gasteiger partial charge in [-0.3, -0.25) is 24.0 Å². The Kier molecular flexibility index (Phi) is 54.4. The number of benzene rings is 9. The number of hydrogen-bond acceptors (Lipinski definition) is 13. The molecule has 0 aromatic heterocycles. The van der Waals surface area contributed by atoms with Crippen LogP contribution in [0.3, 0.4) is 0 Å². The third-order valence-electron chi connectivity index (χ3n) is 23.6. The van der Waals surface area contributed by atoms with Crippen molar-refractivity contribution in [1.82, 2.24) is 4.90 Å². The average molecular weight is 1830 g/mol. The Morgan fingerprint density at radius 2 is 0.591 bits per heavy atom. The highest BCUT2D eigenvalue weighted by molar-refractivity contribution is 6.86. The van der Waals surface area contributed by atoms with E-state index in [9.17, 15) is 24.0 Å². The fourth-order valence-corrected chi connectivity index (χ4v) is 25.2. The van der Waals surface area contributed by atoms with Crippen LogP contribution in [0.25, 0.3) is 0 Å². The maximum atomic E-state index is 11.4. The molecule has 9 aromatic rings. The summed E-state index contributed by atoms with van der Waals surface area (Å²) in [6.45, 7) is 67.2. The zero-order valence-electron chi connectivity index (χ0n) is 88.6. The highest BCUT2D eigenvalue weighted by Gasteiger charge is 2.54. The summed E-state index contributed by atoms with van der Waals surface area (Å²) in [5.41, 5.74) is 11.2. The summed E-state index contributed by atoms with van der Waals surface area (Å²) in [4.78, 5) is 57.0. The lowest BCUT2D eigenvalue weighted by molar-refractivity contribution is -0.124. The number of carbonyl (C=O) groups is 5. The fraction of sp³-hybridized carbons (Fsp3) is 0.483. The standard InChI is InChI=1S/C25H28O3.C24H26O2.C15H34Si.C14H20O2.C11H14O2.C10H12O.C8H16O.C6H13N.C5H10O/c1-18(2)25(19-6-12-22(26-3)13-7-19,20-8-14-23(27-4)15-9-20)21-10-16-24(28-5)17-11-21;1-18(2)24(19-8-6-5-7-9-19,20-10-14-22(25-3)15-11-20)21-12-16-23(26-4)17-13-21;1-12(2)11-16(13(3)4,14(5,6)7)15(8,9)10;1-10(2)12-5-7-13(8-6-12)16-9-14(15)11(3)4;1-9(2)11(12)8-13-10-6-4-3-5-7-10;1-8(2)10(11)9-6-4-3-5-7-9;1-6(2)5-8(9)7(3)4;1-6(2)5-7(3)4;1-4(2)5(3)6/h6-18H,1-5H3;5-18H,1-4H3;12-13H,11H2,1-10H3;5-8,10-11H,9H2,1-4H3;3-7,9H,8H2,1-2H3;3-8H,1-2H3;6-7H,5H2,1-4H3;5H,1-4H3;4H,1-3H3. The molecule has 0 atom stereocenters. The van der Waals surface area contributed by atoms with E-state index in [1.807, 2.05) is 234 Å². The van der Waals surface area contributed by atoms with E-state index in [0.717, 1.165) is 63.7 Å². The van der Waals surface area contributed by atoms with Crippen molar-refractivity contribution in [2.75, 3.05) is 62.9 Å². The van der Waals surface area contributed by atoms with Crippen LogP contribution in [0.15, 0.2) is 248 Å². The fourth-order valence-electron chi connectivity index (χ4n) is 16.5. The maximum absolute atomic E-state index is 11.4. The van der Waals surface area contributed by atoms with Gasteiger partial charge in [-0.2, -0.15) is 0 Å². The number of nitrogens with zero attached hydrogens (tertiary/aromatic N) is 1. The molecule has 0 radical (unpaired) electrons. The van der Waals surface area contributed by atoms with E-state index in [2.05, 4.69) is 236 Å². The summed E-state index contributed by atoms with van der Waals surface area (Å²) in [7, 11) is 11.2. The van der Waals surface area contributed by atoms with Crippen LogP contribution in [-0.2, 0) is 30.0 Å². The Labute approximate surface area is 802 Å². The van der Waals surface area contributed by atoms with Gasteiger partial charge >= 0.3 is 0 Å². The number of rotatable bonds is 32. The summed E-state index contributed by atoms with van der Waals surface area (Å²) in [5.74, 6) is 10.0. The molecule has 0 heterocycles. The third kappa shape index (κ3) is 39.5. The van der Waals surface area contributed by atoms with Gasteiger partial charge in [-0.1, -0.05) is 363 Å². The Balaban J connectivity index is 0.000000774. The number of ketones is 5. The Bertz CT molecular complexity index is 4500. The van der Waals surface area contributed by atoms with Crippen molar-refractivity contribution in [3.8, 4) is 40.2 Å². The summed E-state index contributed by atoms with van der Waals surface area (Å²) in [6, 6.07) is 80.8. The number of hydrogen-bond donors (Lipinski definition) is 0. The van der Waals surface area contributed by atoms with Crippen molar-refractivity contribution in [3.63, 3.8) is 0 Å². The maximum Gasteiger partial charge on any atom is 0.172 e. The minimum Gasteiger partial charge on any atom is -0.497 e. The van der Waals surface area contributed by atoms with Crippen molar-refractivity contribution in [2.24, 2.45) is 53.3 Å². The molecule has 0 amide bonds. The first kappa shape index (κ1) is 120. The second kappa shape index (κ2) is 60.0. The molecule has 0 unspecified atom stereocenters. The molecule has 9 rings (SSSR count). The number of Topliss-reactive ketones (excluding diaryl/α,β-unsaturated/α-hetero) is 5. The Hall–Kier alpha value is -10.3. The van der Waals surface area contributed by atoms with E-state index in [1.165, 1.54) is 50.6 Å². The minimum atomic E-state index is -1.34. The molecule has 726 valence electrons. The van der Waals surface area contributed by atoms with Gasteiger partial charge in [-0.15, -0.1) is 0 Å². The highest BCUT2D eigenvalue weighted by atomic mass is 28.3. The van der Waals surface area contributed by atoms with Gasteiger partial charge < -0.3 is 38.1 Å². The van der Waals surface area contributed by atoms with Crippen LogP contribution in [0, 0.1) is 53.3 Å². The number of allylic oxidation sites excluding steroid dienone is 1. The van der Waals surface area contributed by atoms with Gasteiger partial charge in [0.1, 0.15) is 65.0 Å². The first-order chi connectivity index (χ1) is 61.8. The normalized spacial score (nSPS) is 11.2. The van der Waals surface area contributed by atoms with Crippen LogP contribution < -0.4 is 33.2 Å². The molecule has 0 aliphatic heterocycles. The zero-order chi connectivity index (χ0) is 101. The predicted molar refractivity (Wildman–Crippen MR) is 562 cm³/mol. The van der Waals surface area contributed by atoms with Crippen LogP contribution in [0.1, 0.15) is 276 Å². The molecule has 0 aliphatic carbocycles. The molecule has 14 heteroatoms. The zero-order valence-corrected chi connectivity index (χ0v) is 89.6. The Morgan fingerprint density at radius 3 is 0.780 bits per heavy atom. The molecule has 0 N–H and O–H groups in total. The molecule has 13 nitrogen and oxygen atoms in total. The van der Waals surface area contributed by atoms with Crippen LogP contribution in [0.4, 0.5) is 0 Å². The number of ether oxygens (including phenoxy) is 7. The van der Waals surface area contributed by atoms with E-state index in [1.54, 1.807) is 42.5 Å². The SMILES string of the molecule is CC(=O)C(C)C.CC(C)=CN(C)C.CC(C)C(=O)COc1ccc(C(C)C)cc1.CC(C)C(=O)COc1ccccc1.CC(C)C(=O)c1ccccc1.CC(C)CC(=O)C(C)C.CC(C)C[Si](C(C)C)(C(C)(C)C)C(C)(C)C.COc1ccc(C(c2ccc(OC)cc2)(c2ccc(OC)cc2)C(C)C)cc1.COc1ccc(C(c2ccccc2)(c2ccc(OC)cc2)C(C)C)cc1. The molecule has 0 bridgehead atoms. The quantitative estimate of drug-likeness (QED) is 0.0223. The molecule has 0 fully saturated rings. The monoisotopic (exact) mass is 1820 g/mol. The van der Waals surface area contributed by atoms with E-state index >= 15 is 0 Å². The molecule has 0 saturated heterocycles. The summed E-state index contributed by atoms with van der Waals surface area (Å²) >= 11 is 0. The van der Waals surface area contributed by atoms with Crippen molar-refractivity contribution in [2.45, 2.75) is 259 Å². The first-order valence-electron chi connectivity index (χ1n) is 47.5. The molecule has 0 saturated carbocycles. The lowest BCUT2D eigenvalue weighted by Gasteiger charge is -2.56. The third-order valence-corrected chi connectivity index (χ3v) is 32.4. The van der Waals surface area contributed by atoms with Crippen LogP contribution in [0.5, 0.6) is 40.2 Å². The number of carbonyl (C=O) groups excluding carboxylic acids is 5. The smallest absolute Gasteiger partial charge is 0.172 e. The second-order valence-corrected chi connectivity index (χ2v) is 46.6. The predicted octanol–water partition coefficient (Wildman–Crippen LogP) is 30.7. The van der Waals surface area contributed by atoms with Crippen molar-refractivity contribution < 1.29 is 57.1 Å². The first-order valence-corrected chi connectivity index (χ1v) is 49.7. The molecule has 9 aromatic carbocycles. The summed E-state index contributed by atoms with van der Waals surface area (Å²) in [5, 5.41) is 0.980. The topological polar surface area (TPSA) is 153 Å². The molecular weight excluding hydrogens is 1650 g/mol. The lowest BCUT2D eigenvalue weighted by Crippen LogP contribution is -2.54. The summed E-state index contributed by atoms with van der Waals surface area (Å²) < 4.78 is 37.6. The van der Waals surface area contributed by atoms with Gasteiger partial charge in [0.15, 0.2) is 17.3 Å². The average Bonchev–Trinajstić information content (AvgIpc) is 0.751. The van der Waals surface area contributed by atoms with E-state index in [4.69, 9.17) is 33.2 Å². The second-order valence-electron chi connectivity index (χ2n) is 40.1. The van der Waals surface area contributed by atoms with Crippen LogP contribution >= 0.6 is 0 Å². The van der Waals surface area contributed by atoms with Crippen LogP contribution in [0.2, 0.25) is 21.7 Å². The van der Waals surface area contributed by atoms with Crippen molar-refractivity contribution in [1.29, 1.82) is 0 Å². The minimum absolute atomic E-state index is 0.0370. The van der Waals surface area contributed by atoms with E-state index < -0.39 is 8.07 Å². The molecular formula is C118H173NO12Si. The van der Waals surface area contributed by atoms with Gasteiger partial charge in [-0.25, -0.2) is 0 Å². The van der Waals surface area contributed by atoms with Crippen molar-refractivity contribution >= 4 is 37.0 Å². The van der Waals surface area contributed by atoms with Gasteiger partial charge in [0.05, 0.1) is 43.6 Å². The van der Waals surface area contributed by atoms with Crippen LogP contribution in [-0.4, -0.2) is 105 Å². The van der Waals surface area contributed by atoms with Gasteiger partial charge in [0, 0.05) is 66.5 Å². The van der Waals surface area contributed by atoms with Crippen molar-refractivity contribution in [3.05, 3.63) is 293 Å². The lowest BCUT2D eigenvalue weighted by atomic mass is 9.63. The largest absolute Gasteiger partial charge is 0.497 e. The number of para-hydroxylation sites is 1. The van der Waals surface area contributed by atoms with Gasteiger partial charge in [0.25, 0.3) is 0 Å². The number of methoxy groups -OCH3 is 5. The molecule has 0 spiro atoms. The highest BCUT2D eigenvalue weighted by Crippen LogP contribution is 2.60.